The summed E-state index contributed by atoms with van der Waals surface area (Å²) in [5.74, 6) is 0.850. The SMILES string of the molecule is CN=C(NCCCc1nn(-c2ccccc2)c(N)c1C#N)NC1CCN(CC(F)(F)F)C1. The van der Waals surface area contributed by atoms with E-state index in [9.17, 15) is 18.4 Å². The van der Waals surface area contributed by atoms with Crippen molar-refractivity contribution in [3.8, 4) is 11.8 Å². The third kappa shape index (κ3) is 6.13. The molecule has 4 N–H and O–H groups in total. The number of halogens is 3. The van der Waals surface area contributed by atoms with E-state index in [1.165, 1.54) is 4.90 Å². The second kappa shape index (κ2) is 10.4. The molecule has 1 fully saturated rings. The summed E-state index contributed by atoms with van der Waals surface area (Å²) in [5, 5.41) is 20.3. The number of nitrogens with two attached hydrogens (primary N) is 1. The molecule has 32 heavy (non-hydrogen) atoms. The molecule has 172 valence electrons. The molecular weight excluding hydrogens is 421 g/mol. The lowest BCUT2D eigenvalue weighted by Gasteiger charge is -2.19. The van der Waals surface area contributed by atoms with Crippen LogP contribution in [0.15, 0.2) is 35.3 Å². The van der Waals surface area contributed by atoms with Gasteiger partial charge in [-0.25, -0.2) is 4.68 Å². The zero-order chi connectivity index (χ0) is 23.1. The average Bonchev–Trinajstić information content (AvgIpc) is 3.32. The zero-order valence-electron chi connectivity index (χ0n) is 17.9. The molecule has 3 rings (SSSR count). The lowest BCUT2D eigenvalue weighted by molar-refractivity contribution is -0.143. The number of para-hydroxylation sites is 1. The van der Waals surface area contributed by atoms with Crippen molar-refractivity contribution in [1.82, 2.24) is 25.3 Å². The van der Waals surface area contributed by atoms with E-state index in [0.29, 0.717) is 61.9 Å². The van der Waals surface area contributed by atoms with E-state index in [1.54, 1.807) is 11.7 Å². The van der Waals surface area contributed by atoms with Gasteiger partial charge in [0.1, 0.15) is 17.5 Å². The standard InChI is InChI=1S/C21H27F3N8/c1-27-20(29-15-9-11-31(13-15)14-21(22,23)24)28-10-5-8-18-17(12-25)19(26)32(30-18)16-6-3-2-4-7-16/h2-4,6-7,15H,5,8-11,13-14,26H2,1H3,(H2,27,28,29). The number of likely N-dealkylation sites (tertiary alicyclic amines) is 1. The van der Waals surface area contributed by atoms with E-state index < -0.39 is 12.7 Å². The molecule has 0 aliphatic carbocycles. The van der Waals surface area contributed by atoms with Crippen LogP contribution in [-0.2, 0) is 6.42 Å². The molecule has 11 heteroatoms. The molecule has 2 heterocycles. The first-order valence-corrected chi connectivity index (χ1v) is 10.4. The molecule has 0 radical (unpaired) electrons. The van der Waals surface area contributed by atoms with Crippen molar-refractivity contribution < 1.29 is 13.2 Å². The minimum Gasteiger partial charge on any atom is -0.382 e. The number of hydrogen-bond donors (Lipinski definition) is 3. The van der Waals surface area contributed by atoms with Crippen LogP contribution in [0.25, 0.3) is 5.69 Å². The lowest BCUT2D eigenvalue weighted by Crippen LogP contribution is -2.45. The Morgan fingerprint density at radius 1 is 1.34 bits per heavy atom. The molecule has 1 unspecified atom stereocenters. The van der Waals surface area contributed by atoms with Crippen LogP contribution in [0, 0.1) is 11.3 Å². The molecule has 1 aliphatic rings. The Bertz CT molecular complexity index is 962. The number of benzene rings is 1. The normalized spacial score (nSPS) is 17.3. The Labute approximate surface area is 184 Å². The molecule has 8 nitrogen and oxygen atoms in total. The predicted octanol–water partition coefficient (Wildman–Crippen LogP) is 2.06. The lowest BCUT2D eigenvalue weighted by atomic mass is 10.1. The third-order valence-electron chi connectivity index (χ3n) is 5.23. The van der Waals surface area contributed by atoms with E-state index in [-0.39, 0.29) is 6.04 Å². The Balaban J connectivity index is 1.49. The van der Waals surface area contributed by atoms with E-state index in [2.05, 4.69) is 26.8 Å². The highest BCUT2D eigenvalue weighted by atomic mass is 19.4. The first-order valence-electron chi connectivity index (χ1n) is 10.4. The molecule has 1 aliphatic heterocycles. The third-order valence-corrected chi connectivity index (χ3v) is 5.23. The quantitative estimate of drug-likeness (QED) is 0.340. The minimum atomic E-state index is -4.19. The van der Waals surface area contributed by atoms with Gasteiger partial charge in [-0.1, -0.05) is 18.2 Å². The van der Waals surface area contributed by atoms with Crippen LogP contribution in [0.4, 0.5) is 19.0 Å². The topological polar surface area (TPSA) is 107 Å². The molecule has 2 aromatic rings. The summed E-state index contributed by atoms with van der Waals surface area (Å²) in [6, 6.07) is 11.4. The van der Waals surface area contributed by atoms with Gasteiger partial charge in [0.15, 0.2) is 5.96 Å². The fourth-order valence-corrected chi connectivity index (χ4v) is 3.74. The number of aryl methyl sites for hydroxylation is 1. The maximum absolute atomic E-state index is 12.6. The summed E-state index contributed by atoms with van der Waals surface area (Å²) in [6.45, 7) is 0.386. The smallest absolute Gasteiger partial charge is 0.382 e. The van der Waals surface area contributed by atoms with Crippen LogP contribution in [0.5, 0.6) is 0 Å². The van der Waals surface area contributed by atoms with Crippen LogP contribution < -0.4 is 16.4 Å². The number of alkyl halides is 3. The van der Waals surface area contributed by atoms with Crippen LogP contribution in [0.3, 0.4) is 0 Å². The van der Waals surface area contributed by atoms with Gasteiger partial charge >= 0.3 is 6.18 Å². The number of aliphatic imine (C=N–C) groups is 1. The summed E-state index contributed by atoms with van der Waals surface area (Å²) >= 11 is 0. The number of nitrogens with zero attached hydrogens (tertiary/aromatic N) is 5. The van der Waals surface area contributed by atoms with Crippen molar-refractivity contribution >= 4 is 11.8 Å². The zero-order valence-corrected chi connectivity index (χ0v) is 17.9. The number of nitrogen functional groups attached to an aromatic ring is 1. The first kappa shape index (κ1) is 23.4. The van der Waals surface area contributed by atoms with Gasteiger partial charge in [0, 0.05) is 32.7 Å². The molecule has 1 aromatic carbocycles. The highest BCUT2D eigenvalue weighted by Crippen LogP contribution is 2.22. The second-order valence-electron chi connectivity index (χ2n) is 7.65. The minimum absolute atomic E-state index is 0.0879. The van der Waals surface area contributed by atoms with Crippen LogP contribution in [-0.4, -0.2) is 66.1 Å². The fourth-order valence-electron chi connectivity index (χ4n) is 3.74. The summed E-state index contributed by atoms with van der Waals surface area (Å²) in [7, 11) is 1.62. The average molecular weight is 448 g/mol. The number of nitrogens with one attached hydrogen (secondary N) is 2. The molecule has 1 aromatic heterocycles. The fraction of sp³-hybridized carbons (Fsp3) is 0.476. The van der Waals surface area contributed by atoms with Gasteiger partial charge in [0.05, 0.1) is 17.9 Å². The van der Waals surface area contributed by atoms with Gasteiger partial charge in [-0.15, -0.1) is 0 Å². The summed E-state index contributed by atoms with van der Waals surface area (Å²) in [6.07, 6.45) is -2.35. The van der Waals surface area contributed by atoms with Crippen molar-refractivity contribution in [2.24, 2.45) is 4.99 Å². The van der Waals surface area contributed by atoms with E-state index >= 15 is 0 Å². The summed E-state index contributed by atoms with van der Waals surface area (Å²) in [5.41, 5.74) is 7.89. The van der Waals surface area contributed by atoms with Crippen molar-refractivity contribution in [3.63, 3.8) is 0 Å². The number of rotatable bonds is 7. The van der Waals surface area contributed by atoms with Crippen molar-refractivity contribution in [1.29, 1.82) is 5.26 Å². The molecule has 0 amide bonds. The first-order chi connectivity index (χ1) is 15.3. The molecule has 1 saturated heterocycles. The predicted molar refractivity (Wildman–Crippen MR) is 116 cm³/mol. The molecule has 0 bridgehead atoms. The van der Waals surface area contributed by atoms with Gasteiger partial charge in [-0.3, -0.25) is 9.89 Å². The van der Waals surface area contributed by atoms with Crippen molar-refractivity contribution in [3.05, 3.63) is 41.6 Å². The number of anilines is 1. The maximum atomic E-state index is 12.6. The Morgan fingerprint density at radius 3 is 2.75 bits per heavy atom. The Kier molecular flexibility index (Phi) is 7.58. The van der Waals surface area contributed by atoms with Crippen LogP contribution >= 0.6 is 0 Å². The summed E-state index contributed by atoms with van der Waals surface area (Å²) in [4.78, 5) is 5.54. The van der Waals surface area contributed by atoms with E-state index in [1.807, 2.05) is 30.3 Å². The van der Waals surface area contributed by atoms with E-state index in [0.717, 1.165) is 5.69 Å². The second-order valence-corrected chi connectivity index (χ2v) is 7.65. The molecule has 0 saturated carbocycles. The largest absolute Gasteiger partial charge is 0.401 e. The van der Waals surface area contributed by atoms with Crippen LogP contribution in [0.1, 0.15) is 24.1 Å². The molecule has 1 atom stereocenters. The van der Waals surface area contributed by atoms with E-state index in [4.69, 9.17) is 5.73 Å². The highest BCUT2D eigenvalue weighted by molar-refractivity contribution is 5.80. The summed E-state index contributed by atoms with van der Waals surface area (Å²) < 4.78 is 39.2. The number of nitriles is 1. The van der Waals surface area contributed by atoms with Crippen LogP contribution in [0.2, 0.25) is 0 Å². The van der Waals surface area contributed by atoms with Gasteiger partial charge in [0.25, 0.3) is 0 Å². The van der Waals surface area contributed by atoms with Gasteiger partial charge in [-0.2, -0.15) is 23.5 Å². The Hall–Kier alpha value is -3.26. The van der Waals surface area contributed by atoms with Crippen molar-refractivity contribution in [2.45, 2.75) is 31.5 Å². The number of aromatic nitrogens is 2. The van der Waals surface area contributed by atoms with Crippen molar-refractivity contribution in [2.75, 3.05) is 39.0 Å². The molecular formula is C21H27F3N8. The number of hydrogen-bond acceptors (Lipinski definition) is 5. The molecule has 0 spiro atoms. The highest BCUT2D eigenvalue weighted by Gasteiger charge is 2.34. The number of guanidine groups is 1. The maximum Gasteiger partial charge on any atom is 0.401 e. The van der Waals surface area contributed by atoms with Gasteiger partial charge in [0.2, 0.25) is 0 Å². The van der Waals surface area contributed by atoms with Gasteiger partial charge < -0.3 is 16.4 Å². The monoisotopic (exact) mass is 448 g/mol. The van der Waals surface area contributed by atoms with Gasteiger partial charge in [-0.05, 0) is 31.4 Å². The Morgan fingerprint density at radius 2 is 2.09 bits per heavy atom.